The summed E-state index contributed by atoms with van der Waals surface area (Å²) < 4.78 is 27.2. The first-order valence-corrected chi connectivity index (χ1v) is 7.26. The summed E-state index contributed by atoms with van der Waals surface area (Å²) in [6.07, 6.45) is 4.89. The van der Waals surface area contributed by atoms with E-state index in [4.69, 9.17) is 5.11 Å². The van der Waals surface area contributed by atoms with Crippen LogP contribution in [0.2, 0.25) is 0 Å². The van der Waals surface area contributed by atoms with Gasteiger partial charge in [-0.15, -0.1) is 0 Å². The molecule has 2 N–H and O–H groups in total. The molecule has 0 aromatic carbocycles. The molecule has 1 fully saturated rings. The number of nitrogens with one attached hydrogen (secondary N) is 1. The summed E-state index contributed by atoms with van der Waals surface area (Å²) in [5.74, 6) is -1.18. The van der Waals surface area contributed by atoms with E-state index in [0.29, 0.717) is 0 Å². The van der Waals surface area contributed by atoms with Crippen LogP contribution in [0.5, 0.6) is 0 Å². The van der Waals surface area contributed by atoms with E-state index < -0.39 is 22.2 Å². The highest BCUT2D eigenvalue weighted by molar-refractivity contribution is 7.87. The lowest BCUT2D eigenvalue weighted by Gasteiger charge is -2.30. The second-order valence-corrected chi connectivity index (χ2v) is 6.25. The lowest BCUT2D eigenvalue weighted by atomic mass is 9.96. The van der Waals surface area contributed by atoms with Gasteiger partial charge in [0.1, 0.15) is 6.04 Å². The van der Waals surface area contributed by atoms with E-state index in [2.05, 4.69) is 4.72 Å². The van der Waals surface area contributed by atoms with Crippen LogP contribution in [-0.2, 0) is 15.0 Å². The molecule has 100 valence electrons. The lowest BCUT2D eigenvalue weighted by Crippen LogP contribution is -2.49. The van der Waals surface area contributed by atoms with Crippen molar-refractivity contribution in [2.45, 2.75) is 51.1 Å². The van der Waals surface area contributed by atoms with Crippen molar-refractivity contribution in [2.75, 3.05) is 7.05 Å². The van der Waals surface area contributed by atoms with Crippen LogP contribution in [0.3, 0.4) is 0 Å². The van der Waals surface area contributed by atoms with E-state index in [9.17, 15) is 13.2 Å². The van der Waals surface area contributed by atoms with Crippen molar-refractivity contribution in [2.24, 2.45) is 0 Å². The summed E-state index contributed by atoms with van der Waals surface area (Å²) in [4.78, 5) is 10.6. The summed E-state index contributed by atoms with van der Waals surface area (Å²) in [7, 11) is -2.19. The molecule has 0 saturated heterocycles. The van der Waals surface area contributed by atoms with Gasteiger partial charge in [0.2, 0.25) is 0 Å². The molecule has 1 rings (SSSR count). The standard InChI is InChI=1S/C10H20N2O4S/c1-8(10(13)14)11-17(15,16)12(2)9-6-4-3-5-7-9/h8-9,11H,3-7H2,1-2H3,(H,13,14). The summed E-state index contributed by atoms with van der Waals surface area (Å²) >= 11 is 0. The maximum Gasteiger partial charge on any atom is 0.321 e. The van der Waals surface area contributed by atoms with Crippen LogP contribution in [0.15, 0.2) is 0 Å². The summed E-state index contributed by atoms with van der Waals surface area (Å²) in [5, 5.41) is 8.69. The Morgan fingerprint density at radius 2 is 1.88 bits per heavy atom. The molecule has 0 aliphatic heterocycles. The van der Waals surface area contributed by atoms with Crippen LogP contribution in [0.1, 0.15) is 39.0 Å². The van der Waals surface area contributed by atoms with Crippen LogP contribution in [0.25, 0.3) is 0 Å². The quantitative estimate of drug-likeness (QED) is 0.759. The van der Waals surface area contributed by atoms with Crippen molar-refractivity contribution in [1.29, 1.82) is 0 Å². The van der Waals surface area contributed by atoms with Crippen molar-refractivity contribution in [3.63, 3.8) is 0 Å². The first kappa shape index (κ1) is 14.4. The summed E-state index contributed by atoms with van der Waals surface area (Å²) in [5.41, 5.74) is 0. The number of rotatable bonds is 5. The highest BCUT2D eigenvalue weighted by atomic mass is 32.2. The molecular weight excluding hydrogens is 244 g/mol. The van der Waals surface area contributed by atoms with Crippen molar-refractivity contribution < 1.29 is 18.3 Å². The largest absolute Gasteiger partial charge is 0.480 e. The van der Waals surface area contributed by atoms with Crippen LogP contribution >= 0.6 is 0 Å². The third-order valence-electron chi connectivity index (χ3n) is 3.16. The van der Waals surface area contributed by atoms with Gasteiger partial charge in [0.25, 0.3) is 10.2 Å². The van der Waals surface area contributed by atoms with Crippen LogP contribution in [0, 0.1) is 0 Å². The van der Waals surface area contributed by atoms with E-state index in [1.54, 1.807) is 0 Å². The molecule has 1 aliphatic rings. The van der Waals surface area contributed by atoms with Crippen LogP contribution < -0.4 is 4.72 Å². The Balaban J connectivity index is 2.65. The third-order valence-corrected chi connectivity index (χ3v) is 4.87. The van der Waals surface area contributed by atoms with Crippen molar-refractivity contribution in [3.05, 3.63) is 0 Å². The Morgan fingerprint density at radius 1 is 1.35 bits per heavy atom. The topological polar surface area (TPSA) is 86.7 Å². The zero-order valence-corrected chi connectivity index (χ0v) is 11.0. The SMILES string of the molecule is CC(NS(=O)(=O)N(C)C1CCCCC1)C(=O)O. The second kappa shape index (κ2) is 5.79. The number of carboxylic acids is 1. The Kier molecular flexibility index (Phi) is 4.91. The predicted molar refractivity (Wildman–Crippen MR) is 63.8 cm³/mol. The number of nitrogens with zero attached hydrogens (tertiary/aromatic N) is 1. The molecular formula is C10H20N2O4S. The van der Waals surface area contributed by atoms with E-state index in [-0.39, 0.29) is 6.04 Å². The van der Waals surface area contributed by atoms with Gasteiger partial charge in [-0.1, -0.05) is 19.3 Å². The Morgan fingerprint density at radius 3 is 2.35 bits per heavy atom. The Labute approximate surface area is 102 Å². The van der Waals surface area contributed by atoms with Gasteiger partial charge in [-0.25, -0.2) is 0 Å². The molecule has 1 saturated carbocycles. The van der Waals surface area contributed by atoms with Crippen molar-refractivity contribution in [1.82, 2.24) is 9.03 Å². The van der Waals surface area contributed by atoms with Crippen LogP contribution in [0.4, 0.5) is 0 Å². The average molecular weight is 264 g/mol. The molecule has 6 nitrogen and oxygen atoms in total. The number of hydrogen-bond acceptors (Lipinski definition) is 3. The molecule has 17 heavy (non-hydrogen) atoms. The maximum absolute atomic E-state index is 11.9. The minimum Gasteiger partial charge on any atom is -0.480 e. The smallest absolute Gasteiger partial charge is 0.321 e. The van der Waals surface area contributed by atoms with Gasteiger partial charge < -0.3 is 5.11 Å². The molecule has 0 aromatic heterocycles. The fourth-order valence-electron chi connectivity index (χ4n) is 2.00. The number of aliphatic carboxylic acids is 1. The fourth-order valence-corrected chi connectivity index (χ4v) is 3.32. The third kappa shape index (κ3) is 3.93. The minimum atomic E-state index is -3.70. The predicted octanol–water partition coefficient (Wildman–Crippen LogP) is 0.558. The van der Waals surface area contributed by atoms with Gasteiger partial charge >= 0.3 is 5.97 Å². The molecule has 0 heterocycles. The van der Waals surface area contributed by atoms with Gasteiger partial charge in [-0.2, -0.15) is 17.4 Å². The normalized spacial score (nSPS) is 20.4. The number of hydrogen-bond donors (Lipinski definition) is 2. The lowest BCUT2D eigenvalue weighted by molar-refractivity contribution is -0.138. The summed E-state index contributed by atoms with van der Waals surface area (Å²) in [6, 6.07) is -1.12. The minimum absolute atomic E-state index is 0.0118. The molecule has 0 amide bonds. The van der Waals surface area contributed by atoms with Gasteiger partial charge in [0, 0.05) is 13.1 Å². The molecule has 1 unspecified atom stereocenters. The second-order valence-electron chi connectivity index (χ2n) is 4.49. The summed E-state index contributed by atoms with van der Waals surface area (Å²) in [6.45, 7) is 1.31. The molecule has 1 aliphatic carbocycles. The monoisotopic (exact) mass is 264 g/mol. The average Bonchev–Trinajstić information content (AvgIpc) is 2.28. The number of carboxylic acid groups (broad SMARTS) is 1. The Bertz CT molecular complexity index is 363. The zero-order valence-electron chi connectivity index (χ0n) is 10.2. The molecule has 0 bridgehead atoms. The molecule has 7 heteroatoms. The Hall–Kier alpha value is -0.660. The first-order chi connectivity index (χ1) is 7.84. The van der Waals surface area contributed by atoms with Gasteiger partial charge in [0.15, 0.2) is 0 Å². The molecule has 0 spiro atoms. The number of carbonyl (C=O) groups is 1. The van der Waals surface area contributed by atoms with E-state index in [1.807, 2.05) is 0 Å². The highest BCUT2D eigenvalue weighted by Crippen LogP contribution is 2.23. The first-order valence-electron chi connectivity index (χ1n) is 5.82. The molecule has 0 radical (unpaired) electrons. The molecule has 1 atom stereocenters. The van der Waals surface area contributed by atoms with Crippen molar-refractivity contribution in [3.8, 4) is 0 Å². The van der Waals surface area contributed by atoms with Gasteiger partial charge in [0.05, 0.1) is 0 Å². The van der Waals surface area contributed by atoms with E-state index in [1.165, 1.54) is 18.3 Å². The highest BCUT2D eigenvalue weighted by Gasteiger charge is 2.29. The fraction of sp³-hybridized carbons (Fsp3) is 0.900. The zero-order chi connectivity index (χ0) is 13.1. The molecule has 0 aromatic rings. The maximum atomic E-state index is 11.9. The van der Waals surface area contributed by atoms with Crippen LogP contribution in [-0.4, -0.2) is 42.9 Å². The van der Waals surface area contributed by atoms with Crippen molar-refractivity contribution >= 4 is 16.2 Å². The van der Waals surface area contributed by atoms with Gasteiger partial charge in [-0.05, 0) is 19.8 Å². The van der Waals surface area contributed by atoms with E-state index >= 15 is 0 Å². The van der Waals surface area contributed by atoms with Gasteiger partial charge in [-0.3, -0.25) is 4.79 Å². The van der Waals surface area contributed by atoms with E-state index in [0.717, 1.165) is 32.1 Å².